The molecule has 0 atom stereocenters. The first-order valence-corrected chi connectivity index (χ1v) is 10.7. The van der Waals surface area contributed by atoms with Gasteiger partial charge in [-0.15, -0.1) is 0 Å². The SMILES string of the molecule is Cc1ccc(S(=O)(=O)OCCc2ccc(CN3CCCCC3)cc2)cc1. The van der Waals surface area contributed by atoms with Crippen molar-refractivity contribution >= 4 is 10.1 Å². The molecule has 0 aliphatic carbocycles. The fraction of sp³-hybridized carbons (Fsp3) is 0.429. The van der Waals surface area contributed by atoms with E-state index in [0.717, 1.165) is 17.7 Å². The molecule has 1 fully saturated rings. The zero-order valence-corrected chi connectivity index (χ0v) is 16.2. The smallest absolute Gasteiger partial charge is 0.296 e. The minimum absolute atomic E-state index is 0.154. The molecule has 1 saturated heterocycles. The Bertz CT molecular complexity index is 792. The fourth-order valence-electron chi connectivity index (χ4n) is 3.23. The Labute approximate surface area is 156 Å². The van der Waals surface area contributed by atoms with Gasteiger partial charge in [0.2, 0.25) is 0 Å². The molecule has 0 aromatic heterocycles. The van der Waals surface area contributed by atoms with Gasteiger partial charge in [-0.25, -0.2) is 0 Å². The second kappa shape index (κ2) is 8.80. The van der Waals surface area contributed by atoms with Crippen molar-refractivity contribution in [3.8, 4) is 0 Å². The van der Waals surface area contributed by atoms with Crippen molar-refractivity contribution in [3.05, 3.63) is 65.2 Å². The largest absolute Gasteiger partial charge is 0.299 e. The molecule has 2 aromatic carbocycles. The number of piperidine rings is 1. The molecule has 0 saturated carbocycles. The average molecular weight is 374 g/mol. The first-order chi connectivity index (χ1) is 12.5. The molecule has 1 aliphatic rings. The molecule has 3 rings (SSSR count). The van der Waals surface area contributed by atoms with Crippen molar-refractivity contribution in [2.45, 2.75) is 44.0 Å². The predicted octanol–water partition coefficient (Wildman–Crippen LogP) is 3.93. The van der Waals surface area contributed by atoms with Crippen LogP contribution in [0.25, 0.3) is 0 Å². The lowest BCUT2D eigenvalue weighted by atomic mass is 10.1. The normalized spacial score (nSPS) is 15.9. The molecule has 0 spiro atoms. The monoisotopic (exact) mass is 373 g/mol. The Kier molecular flexibility index (Phi) is 6.46. The maximum atomic E-state index is 12.2. The highest BCUT2D eigenvalue weighted by atomic mass is 32.2. The van der Waals surface area contributed by atoms with Crippen LogP contribution in [-0.4, -0.2) is 33.0 Å². The van der Waals surface area contributed by atoms with E-state index in [1.807, 2.05) is 6.92 Å². The average Bonchev–Trinajstić information content (AvgIpc) is 2.64. The van der Waals surface area contributed by atoms with E-state index >= 15 is 0 Å². The summed E-state index contributed by atoms with van der Waals surface area (Å²) >= 11 is 0. The number of benzene rings is 2. The van der Waals surface area contributed by atoms with Crippen molar-refractivity contribution in [1.29, 1.82) is 0 Å². The molecule has 0 amide bonds. The molecule has 1 aliphatic heterocycles. The van der Waals surface area contributed by atoms with Crippen LogP contribution in [0.1, 0.15) is 36.0 Å². The number of aryl methyl sites for hydroxylation is 1. The van der Waals surface area contributed by atoms with E-state index in [4.69, 9.17) is 4.18 Å². The van der Waals surface area contributed by atoms with Crippen molar-refractivity contribution < 1.29 is 12.6 Å². The first kappa shape index (κ1) is 19.1. The van der Waals surface area contributed by atoms with Gasteiger partial charge < -0.3 is 0 Å². The van der Waals surface area contributed by atoms with Gasteiger partial charge in [0.15, 0.2) is 0 Å². The van der Waals surface area contributed by atoms with E-state index < -0.39 is 10.1 Å². The summed E-state index contributed by atoms with van der Waals surface area (Å²) in [6, 6.07) is 15.1. The summed E-state index contributed by atoms with van der Waals surface area (Å²) < 4.78 is 29.5. The van der Waals surface area contributed by atoms with Gasteiger partial charge in [0.05, 0.1) is 11.5 Å². The number of likely N-dealkylation sites (tertiary alicyclic amines) is 1. The molecule has 26 heavy (non-hydrogen) atoms. The minimum atomic E-state index is -3.68. The van der Waals surface area contributed by atoms with Gasteiger partial charge in [-0.05, 0) is 62.5 Å². The van der Waals surface area contributed by atoms with Gasteiger partial charge in [0.1, 0.15) is 0 Å². The third-order valence-corrected chi connectivity index (χ3v) is 6.14. The summed E-state index contributed by atoms with van der Waals surface area (Å²) in [5, 5.41) is 0. The molecule has 4 nitrogen and oxygen atoms in total. The Morgan fingerprint density at radius 1 is 0.885 bits per heavy atom. The topological polar surface area (TPSA) is 46.6 Å². The Morgan fingerprint density at radius 3 is 2.15 bits per heavy atom. The quantitative estimate of drug-likeness (QED) is 0.690. The second-order valence-electron chi connectivity index (χ2n) is 6.99. The molecule has 140 valence electrons. The maximum absolute atomic E-state index is 12.2. The summed E-state index contributed by atoms with van der Waals surface area (Å²) in [6.07, 6.45) is 4.52. The summed E-state index contributed by atoms with van der Waals surface area (Å²) in [5.74, 6) is 0. The number of rotatable bonds is 7. The highest BCUT2D eigenvalue weighted by Crippen LogP contribution is 2.16. The number of nitrogens with zero attached hydrogens (tertiary/aromatic N) is 1. The third kappa shape index (κ3) is 5.40. The van der Waals surface area contributed by atoms with Crippen molar-refractivity contribution in [3.63, 3.8) is 0 Å². The van der Waals surface area contributed by atoms with Crippen LogP contribution in [0.15, 0.2) is 53.4 Å². The summed E-state index contributed by atoms with van der Waals surface area (Å²) in [6.45, 7) is 5.45. The van der Waals surface area contributed by atoms with E-state index in [9.17, 15) is 8.42 Å². The first-order valence-electron chi connectivity index (χ1n) is 9.29. The van der Waals surface area contributed by atoms with Crippen LogP contribution in [-0.2, 0) is 27.3 Å². The Morgan fingerprint density at radius 2 is 1.50 bits per heavy atom. The van der Waals surface area contributed by atoms with Crippen molar-refractivity contribution in [1.82, 2.24) is 4.90 Å². The number of hydrogen-bond donors (Lipinski definition) is 0. The summed E-state index contributed by atoms with van der Waals surface area (Å²) in [4.78, 5) is 2.70. The highest BCUT2D eigenvalue weighted by Gasteiger charge is 2.14. The Hall–Kier alpha value is -1.69. The molecule has 2 aromatic rings. The van der Waals surface area contributed by atoms with Crippen LogP contribution < -0.4 is 0 Å². The van der Waals surface area contributed by atoms with Gasteiger partial charge in [0.25, 0.3) is 10.1 Å². The van der Waals surface area contributed by atoms with Crippen molar-refractivity contribution in [2.75, 3.05) is 19.7 Å². The highest BCUT2D eigenvalue weighted by molar-refractivity contribution is 7.86. The van der Waals surface area contributed by atoms with E-state index in [1.54, 1.807) is 24.3 Å². The van der Waals surface area contributed by atoms with Crippen molar-refractivity contribution in [2.24, 2.45) is 0 Å². The lowest BCUT2D eigenvalue weighted by Crippen LogP contribution is -2.29. The summed E-state index contributed by atoms with van der Waals surface area (Å²) in [5.41, 5.74) is 3.42. The lowest BCUT2D eigenvalue weighted by Gasteiger charge is -2.26. The molecule has 1 heterocycles. The van der Waals surface area contributed by atoms with Gasteiger partial charge in [-0.2, -0.15) is 8.42 Å². The lowest BCUT2D eigenvalue weighted by molar-refractivity contribution is 0.221. The standard InChI is InChI=1S/C21H27NO3S/c1-18-5-11-21(12-6-18)26(23,24)25-16-13-19-7-9-20(10-8-19)17-22-14-3-2-4-15-22/h5-12H,2-4,13-17H2,1H3. The van der Waals surface area contributed by atoms with Gasteiger partial charge >= 0.3 is 0 Å². The predicted molar refractivity (Wildman–Crippen MR) is 104 cm³/mol. The van der Waals surface area contributed by atoms with Crippen LogP contribution in [0.3, 0.4) is 0 Å². The van der Waals surface area contributed by atoms with Crippen LogP contribution in [0.2, 0.25) is 0 Å². The van der Waals surface area contributed by atoms with E-state index in [-0.39, 0.29) is 11.5 Å². The minimum Gasteiger partial charge on any atom is -0.299 e. The maximum Gasteiger partial charge on any atom is 0.296 e. The van der Waals surface area contributed by atoms with E-state index in [0.29, 0.717) is 6.42 Å². The van der Waals surface area contributed by atoms with Gasteiger partial charge in [0, 0.05) is 6.54 Å². The Balaban J connectivity index is 1.49. The van der Waals surface area contributed by atoms with Crippen LogP contribution in [0, 0.1) is 6.92 Å². The molecule has 0 N–H and O–H groups in total. The summed E-state index contributed by atoms with van der Waals surface area (Å²) in [7, 11) is -3.68. The van der Waals surface area contributed by atoms with Gasteiger partial charge in [-0.1, -0.05) is 48.4 Å². The molecular weight excluding hydrogens is 346 g/mol. The van der Waals surface area contributed by atoms with Gasteiger partial charge in [-0.3, -0.25) is 9.08 Å². The zero-order chi connectivity index (χ0) is 18.4. The molecule has 0 unspecified atom stereocenters. The molecule has 0 radical (unpaired) electrons. The third-order valence-electron chi connectivity index (χ3n) is 4.82. The van der Waals surface area contributed by atoms with Crippen LogP contribution >= 0.6 is 0 Å². The molecule has 5 heteroatoms. The zero-order valence-electron chi connectivity index (χ0n) is 15.4. The van der Waals surface area contributed by atoms with E-state index in [1.165, 1.54) is 37.9 Å². The second-order valence-corrected chi connectivity index (χ2v) is 8.61. The molecular formula is C21H27NO3S. The molecule has 0 bridgehead atoms. The van der Waals surface area contributed by atoms with Crippen LogP contribution in [0.4, 0.5) is 0 Å². The van der Waals surface area contributed by atoms with Crippen LogP contribution in [0.5, 0.6) is 0 Å². The number of hydrogen-bond acceptors (Lipinski definition) is 4. The fourth-order valence-corrected chi connectivity index (χ4v) is 4.14. The van der Waals surface area contributed by atoms with E-state index in [2.05, 4.69) is 29.2 Å².